The summed E-state index contributed by atoms with van der Waals surface area (Å²) in [5.41, 5.74) is 0.366. The van der Waals surface area contributed by atoms with E-state index in [4.69, 9.17) is 4.74 Å². The summed E-state index contributed by atoms with van der Waals surface area (Å²) in [6, 6.07) is 5.34. The van der Waals surface area contributed by atoms with Gasteiger partial charge in [-0.1, -0.05) is 13.8 Å². The van der Waals surface area contributed by atoms with E-state index in [2.05, 4.69) is 0 Å². The van der Waals surface area contributed by atoms with Crippen LogP contribution < -0.4 is 0 Å². The van der Waals surface area contributed by atoms with Crippen molar-refractivity contribution < 1.29 is 13.9 Å². The summed E-state index contributed by atoms with van der Waals surface area (Å²) in [6.45, 7) is 7.47. The van der Waals surface area contributed by atoms with Gasteiger partial charge >= 0.3 is 5.97 Å². The molecule has 0 amide bonds. The minimum atomic E-state index is -0.426. The van der Waals surface area contributed by atoms with E-state index in [-0.39, 0.29) is 24.5 Å². The number of rotatable bonds is 5. The van der Waals surface area contributed by atoms with Crippen molar-refractivity contribution in [2.75, 3.05) is 13.1 Å². The summed E-state index contributed by atoms with van der Waals surface area (Å²) in [5.74, 6) is -0.789. The zero-order chi connectivity index (χ0) is 12.8. The fourth-order valence-electron chi connectivity index (χ4n) is 1.62. The van der Waals surface area contributed by atoms with Crippen molar-refractivity contribution in [2.24, 2.45) is 0 Å². The molecule has 0 aliphatic heterocycles. The van der Waals surface area contributed by atoms with Gasteiger partial charge in [-0.3, -0.25) is 4.90 Å². The first-order valence-electron chi connectivity index (χ1n) is 5.79. The zero-order valence-corrected chi connectivity index (χ0v) is 11.7. The van der Waals surface area contributed by atoms with Crippen molar-refractivity contribution in [3.05, 3.63) is 35.6 Å². The summed E-state index contributed by atoms with van der Waals surface area (Å²) in [5, 5.41) is 0. The fourth-order valence-corrected chi connectivity index (χ4v) is 1.62. The van der Waals surface area contributed by atoms with E-state index >= 15 is 0 Å². The third kappa shape index (κ3) is 4.63. The lowest BCUT2D eigenvalue weighted by atomic mass is 10.2. The maximum Gasteiger partial charge on any atom is 0.339 e. The number of halogens is 2. The molecule has 1 aromatic rings. The monoisotopic (exact) mass is 275 g/mol. The van der Waals surface area contributed by atoms with Gasteiger partial charge in [-0.15, -0.1) is 12.4 Å². The van der Waals surface area contributed by atoms with Gasteiger partial charge in [-0.05, 0) is 44.3 Å². The molecule has 1 aromatic carbocycles. The Morgan fingerprint density at radius 3 is 2.22 bits per heavy atom. The first-order chi connectivity index (χ1) is 8.08. The van der Waals surface area contributed by atoms with Crippen molar-refractivity contribution in [1.82, 2.24) is 4.90 Å². The molecule has 0 aliphatic carbocycles. The van der Waals surface area contributed by atoms with Crippen molar-refractivity contribution >= 4 is 18.4 Å². The van der Waals surface area contributed by atoms with Gasteiger partial charge < -0.3 is 4.74 Å². The molecule has 0 saturated heterocycles. The van der Waals surface area contributed by atoms with Crippen molar-refractivity contribution in [3.8, 4) is 0 Å². The van der Waals surface area contributed by atoms with Crippen LogP contribution >= 0.6 is 12.4 Å². The third-order valence-electron chi connectivity index (χ3n) is 2.68. The predicted molar refractivity (Wildman–Crippen MR) is 71.4 cm³/mol. The second-order valence-corrected chi connectivity index (χ2v) is 3.73. The highest BCUT2D eigenvalue weighted by Gasteiger charge is 2.16. The van der Waals surface area contributed by atoms with Crippen LogP contribution in [0.25, 0.3) is 0 Å². The van der Waals surface area contributed by atoms with Gasteiger partial charge in [0.25, 0.3) is 0 Å². The lowest BCUT2D eigenvalue weighted by molar-refractivity contribution is -0.0197. The van der Waals surface area contributed by atoms with Gasteiger partial charge in [0.15, 0.2) is 6.23 Å². The topological polar surface area (TPSA) is 29.5 Å². The van der Waals surface area contributed by atoms with Crippen LogP contribution in [0.3, 0.4) is 0 Å². The minimum absolute atomic E-state index is 0. The number of esters is 1. The molecule has 0 radical (unpaired) electrons. The standard InChI is InChI=1S/C13H18FNO2.ClH/c1-4-15(5-2)10(3)17-13(16)11-6-8-12(14)9-7-11;/h6-10H,4-5H2,1-3H3;1H. The normalized spacial score (nSPS) is 11.8. The molecule has 1 atom stereocenters. The first-order valence-corrected chi connectivity index (χ1v) is 5.79. The van der Waals surface area contributed by atoms with E-state index in [9.17, 15) is 9.18 Å². The third-order valence-corrected chi connectivity index (χ3v) is 2.68. The van der Waals surface area contributed by atoms with Crippen molar-refractivity contribution in [2.45, 2.75) is 27.0 Å². The summed E-state index contributed by atoms with van der Waals surface area (Å²) >= 11 is 0. The van der Waals surface area contributed by atoms with Crippen LogP contribution in [0, 0.1) is 5.82 Å². The van der Waals surface area contributed by atoms with Crippen molar-refractivity contribution in [3.63, 3.8) is 0 Å². The largest absolute Gasteiger partial charge is 0.443 e. The Morgan fingerprint density at radius 2 is 1.78 bits per heavy atom. The lowest BCUT2D eigenvalue weighted by Crippen LogP contribution is -2.36. The molecule has 0 N–H and O–H groups in total. The number of carbonyl (C=O) groups excluding carboxylic acids is 1. The Kier molecular flexibility index (Phi) is 7.55. The first kappa shape index (κ1) is 16.9. The van der Waals surface area contributed by atoms with E-state index in [0.717, 1.165) is 13.1 Å². The smallest absolute Gasteiger partial charge is 0.339 e. The highest BCUT2D eigenvalue weighted by molar-refractivity contribution is 5.89. The second-order valence-electron chi connectivity index (χ2n) is 3.73. The number of ether oxygens (including phenoxy) is 1. The van der Waals surface area contributed by atoms with Crippen LogP contribution in [-0.2, 0) is 4.74 Å². The molecular formula is C13H19ClFNO2. The molecule has 0 aliphatic rings. The molecular weight excluding hydrogens is 257 g/mol. The van der Waals surface area contributed by atoms with Crippen LogP contribution in [0.1, 0.15) is 31.1 Å². The van der Waals surface area contributed by atoms with Crippen LogP contribution in [0.2, 0.25) is 0 Å². The van der Waals surface area contributed by atoms with E-state index in [1.807, 2.05) is 25.7 Å². The van der Waals surface area contributed by atoms with E-state index < -0.39 is 5.97 Å². The average Bonchev–Trinajstić information content (AvgIpc) is 2.31. The number of hydrogen-bond donors (Lipinski definition) is 0. The molecule has 0 spiro atoms. The quantitative estimate of drug-likeness (QED) is 0.611. The Balaban J connectivity index is 0.00000289. The molecule has 1 unspecified atom stereocenters. The Hall–Kier alpha value is -1.13. The molecule has 1 rings (SSSR count). The lowest BCUT2D eigenvalue weighted by Gasteiger charge is -2.25. The molecule has 102 valence electrons. The molecule has 5 heteroatoms. The highest BCUT2D eigenvalue weighted by atomic mass is 35.5. The van der Waals surface area contributed by atoms with Crippen LogP contribution in [0.15, 0.2) is 24.3 Å². The van der Waals surface area contributed by atoms with Gasteiger partial charge in [0, 0.05) is 0 Å². The SMILES string of the molecule is CCN(CC)C(C)OC(=O)c1ccc(F)cc1.Cl. The molecule has 18 heavy (non-hydrogen) atoms. The van der Waals surface area contributed by atoms with Gasteiger partial charge in [0.1, 0.15) is 5.82 Å². The number of benzene rings is 1. The summed E-state index contributed by atoms with van der Waals surface area (Å²) in [7, 11) is 0. The van der Waals surface area contributed by atoms with Crippen LogP contribution in [0.5, 0.6) is 0 Å². The summed E-state index contributed by atoms with van der Waals surface area (Å²) in [4.78, 5) is 13.7. The summed E-state index contributed by atoms with van der Waals surface area (Å²) in [6.07, 6.45) is -0.275. The van der Waals surface area contributed by atoms with Crippen LogP contribution in [0.4, 0.5) is 4.39 Å². The zero-order valence-electron chi connectivity index (χ0n) is 10.9. The number of nitrogens with zero attached hydrogens (tertiary/aromatic N) is 1. The summed E-state index contributed by atoms with van der Waals surface area (Å²) < 4.78 is 18.0. The molecule has 0 heterocycles. The van der Waals surface area contributed by atoms with Gasteiger partial charge in [0.2, 0.25) is 0 Å². The molecule has 0 fully saturated rings. The molecule has 0 aromatic heterocycles. The number of carbonyl (C=O) groups is 1. The van der Waals surface area contributed by atoms with Gasteiger partial charge in [-0.2, -0.15) is 0 Å². The Morgan fingerprint density at radius 1 is 1.28 bits per heavy atom. The fraction of sp³-hybridized carbons (Fsp3) is 0.462. The van der Waals surface area contributed by atoms with Gasteiger partial charge in [-0.25, -0.2) is 9.18 Å². The van der Waals surface area contributed by atoms with E-state index in [1.165, 1.54) is 24.3 Å². The maximum atomic E-state index is 12.7. The van der Waals surface area contributed by atoms with Gasteiger partial charge in [0.05, 0.1) is 5.56 Å². The second kappa shape index (κ2) is 8.06. The molecule has 0 bridgehead atoms. The van der Waals surface area contributed by atoms with E-state index in [1.54, 1.807) is 0 Å². The minimum Gasteiger partial charge on any atom is -0.443 e. The van der Waals surface area contributed by atoms with E-state index in [0.29, 0.717) is 5.56 Å². The Labute approximate surface area is 113 Å². The highest BCUT2D eigenvalue weighted by Crippen LogP contribution is 2.08. The molecule has 0 saturated carbocycles. The Bertz CT molecular complexity index is 366. The number of hydrogen-bond acceptors (Lipinski definition) is 3. The molecule has 3 nitrogen and oxygen atoms in total. The maximum absolute atomic E-state index is 12.7. The predicted octanol–water partition coefficient (Wildman–Crippen LogP) is 3.09. The van der Waals surface area contributed by atoms with Crippen LogP contribution in [-0.4, -0.2) is 30.2 Å². The van der Waals surface area contributed by atoms with Crippen molar-refractivity contribution in [1.29, 1.82) is 0 Å². The average molecular weight is 276 g/mol.